The van der Waals surface area contributed by atoms with Gasteiger partial charge in [-0.1, -0.05) is 39.0 Å². The summed E-state index contributed by atoms with van der Waals surface area (Å²) >= 11 is 1.67. The molecular weight excluding hydrogens is 306 g/mol. The van der Waals surface area contributed by atoms with Crippen molar-refractivity contribution in [2.45, 2.75) is 33.1 Å². The van der Waals surface area contributed by atoms with Crippen LogP contribution in [-0.4, -0.2) is 16.1 Å². The molecule has 2 aromatic heterocycles. The fourth-order valence-electron chi connectivity index (χ4n) is 2.75. The Balaban J connectivity index is 2.31. The van der Waals surface area contributed by atoms with Crippen molar-refractivity contribution in [3.8, 4) is 10.6 Å². The first-order valence-corrected chi connectivity index (χ1v) is 8.59. The molecule has 0 spiro atoms. The van der Waals surface area contributed by atoms with Crippen LogP contribution < -0.4 is 0 Å². The van der Waals surface area contributed by atoms with E-state index in [-0.39, 0.29) is 5.92 Å². The van der Waals surface area contributed by atoms with Crippen molar-refractivity contribution in [3.63, 3.8) is 0 Å². The van der Waals surface area contributed by atoms with Crippen LogP contribution in [0.25, 0.3) is 21.5 Å². The van der Waals surface area contributed by atoms with Crippen molar-refractivity contribution < 1.29 is 9.90 Å². The highest BCUT2D eigenvalue weighted by Gasteiger charge is 2.17. The smallest absolute Gasteiger partial charge is 0.336 e. The van der Waals surface area contributed by atoms with Gasteiger partial charge in [-0.05, 0) is 36.1 Å². The summed E-state index contributed by atoms with van der Waals surface area (Å²) in [7, 11) is 0. The number of carboxylic acid groups (broad SMARTS) is 1. The van der Waals surface area contributed by atoms with E-state index >= 15 is 0 Å². The van der Waals surface area contributed by atoms with Crippen molar-refractivity contribution in [3.05, 3.63) is 52.4 Å². The van der Waals surface area contributed by atoms with E-state index < -0.39 is 5.97 Å². The molecule has 3 rings (SSSR count). The fourth-order valence-corrected chi connectivity index (χ4v) is 3.65. The molecule has 0 radical (unpaired) electrons. The summed E-state index contributed by atoms with van der Waals surface area (Å²) in [4.78, 5) is 18.8. The molecule has 0 amide bonds. The van der Waals surface area contributed by atoms with Crippen LogP contribution in [0.4, 0.5) is 0 Å². The third kappa shape index (κ3) is 2.86. The summed E-state index contributed by atoms with van der Waals surface area (Å²) in [5.41, 5.74) is 2.94. The van der Waals surface area contributed by atoms with Gasteiger partial charge in [-0.2, -0.15) is 0 Å². The van der Waals surface area contributed by atoms with Gasteiger partial charge in [0.25, 0.3) is 0 Å². The van der Waals surface area contributed by atoms with E-state index in [1.165, 1.54) is 4.88 Å². The Labute approximate surface area is 139 Å². The molecule has 0 aliphatic rings. The Hall–Kier alpha value is -2.20. The minimum atomic E-state index is -0.910. The number of hydrogen-bond donors (Lipinski definition) is 1. The minimum absolute atomic E-state index is 0.289. The Morgan fingerprint density at radius 3 is 2.65 bits per heavy atom. The molecule has 0 saturated heterocycles. The zero-order chi connectivity index (χ0) is 16.6. The second kappa shape index (κ2) is 6.13. The highest BCUT2D eigenvalue weighted by atomic mass is 32.1. The zero-order valence-corrected chi connectivity index (χ0v) is 14.3. The highest BCUT2D eigenvalue weighted by Crippen LogP contribution is 2.33. The van der Waals surface area contributed by atoms with Crippen molar-refractivity contribution in [2.24, 2.45) is 0 Å². The Morgan fingerprint density at radius 2 is 2.04 bits per heavy atom. The molecule has 0 aliphatic heterocycles. The lowest BCUT2D eigenvalue weighted by atomic mass is 9.97. The summed E-state index contributed by atoms with van der Waals surface area (Å²) in [6, 6.07) is 11.6. The number of pyridine rings is 1. The van der Waals surface area contributed by atoms with Crippen LogP contribution in [0.15, 0.2) is 36.4 Å². The predicted octanol–water partition coefficient (Wildman–Crippen LogP) is 5.35. The van der Waals surface area contributed by atoms with Gasteiger partial charge in [0.2, 0.25) is 0 Å². The first-order chi connectivity index (χ1) is 11.0. The third-order valence-corrected chi connectivity index (χ3v) is 5.24. The van der Waals surface area contributed by atoms with E-state index in [0.717, 1.165) is 28.1 Å². The fraction of sp³-hybridized carbons (Fsp3) is 0.263. The number of carbonyl (C=O) groups is 1. The Bertz CT molecular complexity index is 880. The molecule has 1 N–H and O–H groups in total. The van der Waals surface area contributed by atoms with E-state index in [9.17, 15) is 9.90 Å². The van der Waals surface area contributed by atoms with Crippen LogP contribution >= 0.6 is 11.3 Å². The lowest BCUT2D eigenvalue weighted by Crippen LogP contribution is -2.02. The summed E-state index contributed by atoms with van der Waals surface area (Å²) in [6.45, 7) is 6.32. The average molecular weight is 325 g/mol. The van der Waals surface area contributed by atoms with Crippen LogP contribution in [0, 0.1) is 0 Å². The molecule has 4 heteroatoms. The first-order valence-electron chi connectivity index (χ1n) is 7.77. The normalized spacial score (nSPS) is 11.3. The van der Waals surface area contributed by atoms with Crippen molar-refractivity contribution in [1.82, 2.24) is 4.98 Å². The number of benzene rings is 1. The highest BCUT2D eigenvalue weighted by molar-refractivity contribution is 7.15. The van der Waals surface area contributed by atoms with Crippen molar-refractivity contribution in [1.29, 1.82) is 0 Å². The van der Waals surface area contributed by atoms with Gasteiger partial charge < -0.3 is 5.11 Å². The maximum atomic E-state index is 11.7. The number of rotatable bonds is 4. The number of aromatic carboxylic acids is 1. The number of para-hydroxylation sites is 1. The van der Waals surface area contributed by atoms with Crippen LogP contribution in [0.3, 0.4) is 0 Å². The second-order valence-corrected chi connectivity index (χ2v) is 7.05. The number of hydrogen-bond acceptors (Lipinski definition) is 3. The maximum absolute atomic E-state index is 11.7. The third-order valence-electron chi connectivity index (χ3n) is 3.99. The topological polar surface area (TPSA) is 50.2 Å². The van der Waals surface area contributed by atoms with Crippen molar-refractivity contribution in [2.75, 3.05) is 0 Å². The van der Waals surface area contributed by atoms with Gasteiger partial charge in [-0.3, -0.25) is 0 Å². The Morgan fingerprint density at radius 1 is 1.26 bits per heavy atom. The van der Waals surface area contributed by atoms with E-state index in [1.807, 2.05) is 24.3 Å². The molecule has 2 heterocycles. The van der Waals surface area contributed by atoms with Crippen LogP contribution in [0.1, 0.15) is 47.5 Å². The lowest BCUT2D eigenvalue weighted by Gasteiger charge is -2.12. The Kier molecular flexibility index (Phi) is 4.18. The molecule has 3 aromatic rings. The molecule has 3 nitrogen and oxygen atoms in total. The largest absolute Gasteiger partial charge is 0.478 e. The van der Waals surface area contributed by atoms with Gasteiger partial charge >= 0.3 is 5.97 Å². The van der Waals surface area contributed by atoms with Gasteiger partial charge in [0.1, 0.15) is 0 Å². The molecular formula is C19H19NO2S. The molecule has 0 fully saturated rings. The summed E-state index contributed by atoms with van der Waals surface area (Å²) in [5.74, 6) is -0.621. The van der Waals surface area contributed by atoms with Gasteiger partial charge in [-0.25, -0.2) is 9.78 Å². The molecule has 23 heavy (non-hydrogen) atoms. The van der Waals surface area contributed by atoms with Crippen LogP contribution in [0.2, 0.25) is 0 Å². The summed E-state index contributed by atoms with van der Waals surface area (Å²) in [5, 5.41) is 10.3. The lowest BCUT2D eigenvalue weighted by molar-refractivity contribution is 0.0699. The van der Waals surface area contributed by atoms with E-state index in [1.54, 1.807) is 17.4 Å². The molecule has 118 valence electrons. The number of aromatic nitrogens is 1. The first kappa shape index (κ1) is 15.7. The van der Waals surface area contributed by atoms with Gasteiger partial charge in [0.05, 0.1) is 21.7 Å². The van der Waals surface area contributed by atoms with E-state index in [0.29, 0.717) is 10.9 Å². The van der Waals surface area contributed by atoms with Crippen LogP contribution in [-0.2, 0) is 6.42 Å². The number of nitrogens with zero attached hydrogens (tertiary/aromatic N) is 1. The van der Waals surface area contributed by atoms with Crippen LogP contribution in [0.5, 0.6) is 0 Å². The van der Waals surface area contributed by atoms with Gasteiger partial charge in [0.15, 0.2) is 0 Å². The number of thiophene rings is 1. The summed E-state index contributed by atoms with van der Waals surface area (Å²) in [6.07, 6.45) is 0.973. The molecule has 0 atom stereocenters. The maximum Gasteiger partial charge on any atom is 0.336 e. The minimum Gasteiger partial charge on any atom is -0.478 e. The van der Waals surface area contributed by atoms with E-state index in [4.69, 9.17) is 4.98 Å². The van der Waals surface area contributed by atoms with Gasteiger partial charge in [0, 0.05) is 10.3 Å². The number of carboxylic acids is 1. The van der Waals surface area contributed by atoms with Crippen molar-refractivity contribution >= 4 is 28.2 Å². The second-order valence-electron chi connectivity index (χ2n) is 5.88. The SMILES string of the molecule is CCc1ccc(-c2cc(C(=O)O)c3cccc(C(C)C)c3n2)s1. The number of fused-ring (bicyclic) bond motifs is 1. The monoisotopic (exact) mass is 325 g/mol. The standard InChI is InChI=1S/C19H19NO2S/c1-4-12-8-9-17(23-12)16-10-15(19(21)22)14-7-5-6-13(11(2)3)18(14)20-16/h5-11H,4H2,1-3H3,(H,21,22). The summed E-state index contributed by atoms with van der Waals surface area (Å²) < 4.78 is 0. The molecule has 0 saturated carbocycles. The molecule has 0 unspecified atom stereocenters. The zero-order valence-electron chi connectivity index (χ0n) is 13.5. The van der Waals surface area contributed by atoms with Gasteiger partial charge in [-0.15, -0.1) is 11.3 Å². The quantitative estimate of drug-likeness (QED) is 0.703. The van der Waals surface area contributed by atoms with E-state index in [2.05, 4.69) is 26.8 Å². The molecule has 0 aliphatic carbocycles. The number of aryl methyl sites for hydroxylation is 1. The molecule has 1 aromatic carbocycles. The molecule has 0 bridgehead atoms. The predicted molar refractivity (Wildman–Crippen MR) is 95.5 cm³/mol. The average Bonchev–Trinajstić information content (AvgIpc) is 3.02.